The zero-order valence-electron chi connectivity index (χ0n) is 10.8. The Labute approximate surface area is 109 Å². The van der Waals surface area contributed by atoms with E-state index in [2.05, 4.69) is 36.3 Å². The van der Waals surface area contributed by atoms with E-state index in [0.29, 0.717) is 6.54 Å². The second kappa shape index (κ2) is 5.78. The van der Waals surface area contributed by atoms with Gasteiger partial charge >= 0.3 is 0 Å². The molecule has 1 fully saturated rings. The quantitative estimate of drug-likeness (QED) is 0.833. The van der Waals surface area contributed by atoms with Gasteiger partial charge in [0.2, 0.25) is 0 Å². The van der Waals surface area contributed by atoms with E-state index in [4.69, 9.17) is 5.73 Å². The zero-order valence-corrected chi connectivity index (χ0v) is 11.6. The molecule has 2 nitrogen and oxygen atoms in total. The van der Waals surface area contributed by atoms with Gasteiger partial charge in [-0.2, -0.15) is 0 Å². The topological polar surface area (TPSA) is 29.3 Å². The number of hydrogen-bond donors (Lipinski definition) is 1. The van der Waals surface area contributed by atoms with Crippen molar-refractivity contribution in [3.05, 3.63) is 23.8 Å². The van der Waals surface area contributed by atoms with E-state index in [1.54, 1.807) is 11.8 Å². The Bertz CT molecular complexity index is 378. The minimum absolute atomic E-state index is 0.639. The second-order valence-electron chi connectivity index (χ2n) is 4.67. The summed E-state index contributed by atoms with van der Waals surface area (Å²) in [6, 6.07) is 6.54. The first-order chi connectivity index (χ1) is 8.30. The van der Waals surface area contributed by atoms with Crippen LogP contribution in [0.5, 0.6) is 0 Å². The van der Waals surface area contributed by atoms with Crippen LogP contribution in [-0.4, -0.2) is 19.3 Å². The standard InChI is InChI=1S/C14H22N2S/c1-3-11-7-8-16(10-11)13-5-4-6-14(17-2)12(13)9-15/h4-6,11H,3,7-10,15H2,1-2H3. The third-order valence-electron chi connectivity index (χ3n) is 3.74. The molecule has 3 heteroatoms. The van der Waals surface area contributed by atoms with Gasteiger partial charge in [-0.05, 0) is 30.7 Å². The van der Waals surface area contributed by atoms with E-state index in [9.17, 15) is 0 Å². The SMILES string of the molecule is CCC1CCN(c2cccc(SC)c2CN)C1. The Morgan fingerprint density at radius 3 is 2.88 bits per heavy atom. The van der Waals surface area contributed by atoms with Crippen molar-refractivity contribution < 1.29 is 0 Å². The molecule has 17 heavy (non-hydrogen) atoms. The van der Waals surface area contributed by atoms with Crippen molar-refractivity contribution in [2.75, 3.05) is 24.2 Å². The minimum Gasteiger partial charge on any atom is -0.371 e. The fourth-order valence-electron chi connectivity index (χ4n) is 2.63. The molecule has 1 aromatic rings. The van der Waals surface area contributed by atoms with Crippen LogP contribution in [0.3, 0.4) is 0 Å². The van der Waals surface area contributed by atoms with Crippen molar-refractivity contribution in [2.24, 2.45) is 11.7 Å². The number of rotatable bonds is 4. The maximum Gasteiger partial charge on any atom is 0.0423 e. The molecule has 1 aliphatic heterocycles. The predicted molar refractivity (Wildman–Crippen MR) is 76.7 cm³/mol. The van der Waals surface area contributed by atoms with Gasteiger partial charge in [-0.25, -0.2) is 0 Å². The molecule has 1 aromatic carbocycles. The summed E-state index contributed by atoms with van der Waals surface area (Å²) in [5.41, 5.74) is 8.59. The molecule has 1 saturated heterocycles. The summed E-state index contributed by atoms with van der Waals surface area (Å²) < 4.78 is 0. The molecule has 94 valence electrons. The average molecular weight is 250 g/mol. The number of nitrogens with zero attached hydrogens (tertiary/aromatic N) is 1. The molecule has 0 radical (unpaired) electrons. The van der Waals surface area contributed by atoms with Gasteiger partial charge in [-0.1, -0.05) is 19.4 Å². The van der Waals surface area contributed by atoms with Crippen molar-refractivity contribution in [1.29, 1.82) is 0 Å². The summed E-state index contributed by atoms with van der Waals surface area (Å²) >= 11 is 1.79. The molecule has 2 N–H and O–H groups in total. The lowest BCUT2D eigenvalue weighted by atomic mass is 10.1. The maximum atomic E-state index is 5.92. The van der Waals surface area contributed by atoms with Crippen LogP contribution in [0.1, 0.15) is 25.3 Å². The van der Waals surface area contributed by atoms with E-state index in [0.717, 1.165) is 5.92 Å². The van der Waals surface area contributed by atoms with E-state index in [1.807, 2.05) is 0 Å². The van der Waals surface area contributed by atoms with Gasteiger partial charge < -0.3 is 10.6 Å². The van der Waals surface area contributed by atoms with E-state index in [-0.39, 0.29) is 0 Å². The Morgan fingerprint density at radius 1 is 1.47 bits per heavy atom. The fourth-order valence-corrected chi connectivity index (χ4v) is 3.28. The van der Waals surface area contributed by atoms with Crippen molar-refractivity contribution in [2.45, 2.75) is 31.2 Å². The Morgan fingerprint density at radius 2 is 2.29 bits per heavy atom. The summed E-state index contributed by atoms with van der Waals surface area (Å²) in [6.45, 7) is 5.31. The minimum atomic E-state index is 0.639. The smallest absolute Gasteiger partial charge is 0.0423 e. The highest BCUT2D eigenvalue weighted by atomic mass is 32.2. The van der Waals surface area contributed by atoms with Gasteiger partial charge in [0.1, 0.15) is 0 Å². The first kappa shape index (κ1) is 12.8. The molecule has 2 rings (SSSR count). The van der Waals surface area contributed by atoms with Gasteiger partial charge in [0.25, 0.3) is 0 Å². The van der Waals surface area contributed by atoms with Crippen LogP contribution in [-0.2, 0) is 6.54 Å². The van der Waals surface area contributed by atoms with Crippen LogP contribution in [0.15, 0.2) is 23.1 Å². The molecular weight excluding hydrogens is 228 g/mol. The van der Waals surface area contributed by atoms with Gasteiger partial charge in [-0.3, -0.25) is 0 Å². The molecule has 0 saturated carbocycles. The summed E-state index contributed by atoms with van der Waals surface area (Å²) in [7, 11) is 0. The van der Waals surface area contributed by atoms with Crippen molar-refractivity contribution in [3.63, 3.8) is 0 Å². The first-order valence-electron chi connectivity index (χ1n) is 6.41. The lowest BCUT2D eigenvalue weighted by Crippen LogP contribution is -2.22. The van der Waals surface area contributed by atoms with Crippen LogP contribution in [0.4, 0.5) is 5.69 Å². The summed E-state index contributed by atoms with van der Waals surface area (Å²) in [4.78, 5) is 3.83. The molecule has 1 unspecified atom stereocenters. The molecule has 0 aliphatic carbocycles. The molecule has 1 atom stereocenters. The number of thioether (sulfide) groups is 1. The molecule has 1 aliphatic rings. The number of anilines is 1. The van der Waals surface area contributed by atoms with Gasteiger partial charge in [0.05, 0.1) is 0 Å². The highest BCUT2D eigenvalue weighted by Gasteiger charge is 2.23. The van der Waals surface area contributed by atoms with Crippen LogP contribution in [0.25, 0.3) is 0 Å². The van der Waals surface area contributed by atoms with Crippen molar-refractivity contribution >= 4 is 17.4 Å². The number of hydrogen-bond acceptors (Lipinski definition) is 3. The predicted octanol–water partition coefficient (Wildman–Crippen LogP) is 3.10. The van der Waals surface area contributed by atoms with Crippen LogP contribution in [0.2, 0.25) is 0 Å². The van der Waals surface area contributed by atoms with E-state index >= 15 is 0 Å². The molecule has 1 heterocycles. The zero-order chi connectivity index (χ0) is 12.3. The lowest BCUT2D eigenvalue weighted by Gasteiger charge is -2.23. The van der Waals surface area contributed by atoms with Crippen LogP contribution >= 0.6 is 11.8 Å². The van der Waals surface area contributed by atoms with Gasteiger partial charge in [0.15, 0.2) is 0 Å². The van der Waals surface area contributed by atoms with E-state index < -0.39 is 0 Å². The summed E-state index contributed by atoms with van der Waals surface area (Å²) in [6.07, 6.45) is 4.73. The average Bonchev–Trinajstić information content (AvgIpc) is 2.86. The number of nitrogens with two attached hydrogens (primary N) is 1. The van der Waals surface area contributed by atoms with Crippen LogP contribution < -0.4 is 10.6 Å². The molecule has 0 aromatic heterocycles. The fraction of sp³-hybridized carbons (Fsp3) is 0.571. The lowest BCUT2D eigenvalue weighted by molar-refractivity contribution is 0.569. The summed E-state index contributed by atoms with van der Waals surface area (Å²) in [5.74, 6) is 0.860. The molecule has 0 bridgehead atoms. The molecule has 0 amide bonds. The first-order valence-corrected chi connectivity index (χ1v) is 7.63. The highest BCUT2D eigenvalue weighted by molar-refractivity contribution is 7.98. The van der Waals surface area contributed by atoms with Crippen molar-refractivity contribution in [1.82, 2.24) is 0 Å². The molecular formula is C14H22N2S. The normalized spacial score (nSPS) is 19.9. The van der Waals surface area contributed by atoms with E-state index in [1.165, 1.54) is 42.1 Å². The second-order valence-corrected chi connectivity index (χ2v) is 5.52. The number of benzene rings is 1. The Kier molecular flexibility index (Phi) is 4.35. The monoisotopic (exact) mass is 250 g/mol. The summed E-state index contributed by atoms with van der Waals surface area (Å²) in [5, 5.41) is 0. The highest BCUT2D eigenvalue weighted by Crippen LogP contribution is 2.33. The Balaban J connectivity index is 2.26. The van der Waals surface area contributed by atoms with Gasteiger partial charge in [0, 0.05) is 35.8 Å². The largest absolute Gasteiger partial charge is 0.371 e. The van der Waals surface area contributed by atoms with Crippen LogP contribution in [0, 0.1) is 5.92 Å². The maximum absolute atomic E-state index is 5.92. The van der Waals surface area contributed by atoms with Crippen molar-refractivity contribution in [3.8, 4) is 0 Å². The Hall–Kier alpha value is -0.670. The van der Waals surface area contributed by atoms with Gasteiger partial charge in [-0.15, -0.1) is 11.8 Å². The third-order valence-corrected chi connectivity index (χ3v) is 4.56. The third kappa shape index (κ3) is 2.61. The molecule has 0 spiro atoms.